The van der Waals surface area contributed by atoms with Crippen molar-refractivity contribution in [2.75, 3.05) is 6.54 Å². The lowest BCUT2D eigenvalue weighted by Gasteiger charge is -2.14. The Morgan fingerprint density at radius 3 is 2.17 bits per heavy atom. The van der Waals surface area contributed by atoms with Crippen LogP contribution in [0.15, 0.2) is 0 Å². The van der Waals surface area contributed by atoms with E-state index in [9.17, 15) is 9.59 Å². The van der Waals surface area contributed by atoms with Gasteiger partial charge in [-0.05, 0) is 12.3 Å². The molecule has 0 saturated carbocycles. The molecule has 2 amide bonds. The van der Waals surface area contributed by atoms with Crippen molar-refractivity contribution in [3.63, 3.8) is 0 Å². The Labute approximate surface area is 72.7 Å². The van der Waals surface area contributed by atoms with Crippen LogP contribution in [-0.2, 0) is 9.59 Å². The number of nitrogens with zero attached hydrogens (tertiary/aromatic N) is 1. The molecule has 1 aliphatic rings. The minimum atomic E-state index is 0.000602. The Kier molecular flexibility index (Phi) is 2.84. The fourth-order valence-corrected chi connectivity index (χ4v) is 1.26. The van der Waals surface area contributed by atoms with E-state index in [0.29, 0.717) is 25.3 Å². The molecule has 0 unspecified atom stereocenters. The number of imide groups is 1. The molecule has 0 aromatic carbocycles. The third kappa shape index (κ3) is 2.06. The molecular weight excluding hydrogens is 154 g/mol. The first kappa shape index (κ1) is 9.23. The van der Waals surface area contributed by atoms with Crippen LogP contribution in [0, 0.1) is 5.92 Å². The lowest BCUT2D eigenvalue weighted by atomic mass is 10.1. The number of hydrogen-bond acceptors (Lipinski definition) is 2. The summed E-state index contributed by atoms with van der Waals surface area (Å²) < 4.78 is 0. The monoisotopic (exact) mass is 169 g/mol. The molecule has 0 aromatic heterocycles. The summed E-state index contributed by atoms with van der Waals surface area (Å²) >= 11 is 0. The van der Waals surface area contributed by atoms with Gasteiger partial charge in [-0.1, -0.05) is 13.8 Å². The Hall–Kier alpha value is -0.860. The minimum absolute atomic E-state index is 0.000602. The van der Waals surface area contributed by atoms with Crippen LogP contribution >= 0.6 is 0 Å². The number of amides is 2. The molecule has 0 aliphatic carbocycles. The van der Waals surface area contributed by atoms with Gasteiger partial charge in [-0.15, -0.1) is 0 Å². The molecule has 0 atom stereocenters. The van der Waals surface area contributed by atoms with Crippen molar-refractivity contribution in [1.82, 2.24) is 4.90 Å². The number of rotatable bonds is 3. The van der Waals surface area contributed by atoms with Gasteiger partial charge in [0.15, 0.2) is 0 Å². The van der Waals surface area contributed by atoms with Crippen LogP contribution in [0.2, 0.25) is 0 Å². The van der Waals surface area contributed by atoms with E-state index in [0.717, 1.165) is 6.42 Å². The molecule has 68 valence electrons. The first-order valence-electron chi connectivity index (χ1n) is 4.44. The second-order valence-electron chi connectivity index (χ2n) is 3.62. The maximum atomic E-state index is 11.1. The zero-order chi connectivity index (χ0) is 9.14. The molecule has 1 heterocycles. The normalized spacial score (nSPS) is 18.1. The molecule has 0 bridgehead atoms. The minimum Gasteiger partial charge on any atom is -0.283 e. The van der Waals surface area contributed by atoms with Crippen molar-refractivity contribution >= 4 is 11.8 Å². The molecule has 0 aromatic rings. The van der Waals surface area contributed by atoms with Gasteiger partial charge in [0.2, 0.25) is 11.8 Å². The van der Waals surface area contributed by atoms with E-state index in [-0.39, 0.29) is 11.8 Å². The summed E-state index contributed by atoms with van der Waals surface area (Å²) in [5.74, 6) is 0.549. The number of carbonyl (C=O) groups excluding carboxylic acids is 2. The molecular formula is C9H15NO2. The molecule has 3 nitrogen and oxygen atoms in total. The van der Waals surface area contributed by atoms with Gasteiger partial charge in [-0.2, -0.15) is 0 Å². The van der Waals surface area contributed by atoms with E-state index >= 15 is 0 Å². The van der Waals surface area contributed by atoms with Crippen molar-refractivity contribution in [2.45, 2.75) is 33.1 Å². The largest absolute Gasteiger partial charge is 0.283 e. The van der Waals surface area contributed by atoms with E-state index < -0.39 is 0 Å². The highest BCUT2D eigenvalue weighted by molar-refractivity contribution is 6.01. The summed E-state index contributed by atoms with van der Waals surface area (Å²) in [5.41, 5.74) is 0. The Balaban J connectivity index is 2.40. The van der Waals surface area contributed by atoms with Crippen molar-refractivity contribution in [3.05, 3.63) is 0 Å². The summed E-state index contributed by atoms with van der Waals surface area (Å²) in [5, 5.41) is 0. The smallest absolute Gasteiger partial charge is 0.229 e. The average Bonchev–Trinajstić information content (AvgIpc) is 2.28. The standard InChI is InChI=1S/C9H15NO2/c1-7(2)5-6-10-8(11)3-4-9(10)12/h7H,3-6H2,1-2H3. The number of likely N-dealkylation sites (tertiary alicyclic amines) is 1. The zero-order valence-electron chi connectivity index (χ0n) is 7.67. The fourth-order valence-electron chi connectivity index (χ4n) is 1.26. The predicted molar refractivity (Wildman–Crippen MR) is 45.4 cm³/mol. The molecule has 1 aliphatic heterocycles. The zero-order valence-corrected chi connectivity index (χ0v) is 7.67. The van der Waals surface area contributed by atoms with Gasteiger partial charge in [0.25, 0.3) is 0 Å². The molecule has 0 radical (unpaired) electrons. The lowest BCUT2D eigenvalue weighted by Crippen LogP contribution is -2.30. The summed E-state index contributed by atoms with van der Waals surface area (Å²) in [7, 11) is 0. The second-order valence-corrected chi connectivity index (χ2v) is 3.62. The maximum absolute atomic E-state index is 11.1. The quantitative estimate of drug-likeness (QED) is 0.595. The van der Waals surface area contributed by atoms with E-state index in [4.69, 9.17) is 0 Å². The van der Waals surface area contributed by atoms with Gasteiger partial charge in [-0.25, -0.2) is 0 Å². The molecule has 1 saturated heterocycles. The van der Waals surface area contributed by atoms with Crippen molar-refractivity contribution in [1.29, 1.82) is 0 Å². The van der Waals surface area contributed by atoms with Crippen LogP contribution in [0.4, 0.5) is 0 Å². The molecule has 1 fully saturated rings. The Bertz CT molecular complexity index is 183. The molecule has 3 heteroatoms. The highest BCUT2D eigenvalue weighted by Crippen LogP contribution is 2.13. The van der Waals surface area contributed by atoms with Crippen LogP contribution in [0.5, 0.6) is 0 Å². The summed E-state index contributed by atoms with van der Waals surface area (Å²) in [4.78, 5) is 23.6. The van der Waals surface area contributed by atoms with Crippen LogP contribution in [0.25, 0.3) is 0 Å². The van der Waals surface area contributed by atoms with E-state index in [2.05, 4.69) is 13.8 Å². The van der Waals surface area contributed by atoms with E-state index in [1.165, 1.54) is 4.90 Å². The average molecular weight is 169 g/mol. The topological polar surface area (TPSA) is 37.4 Å². The summed E-state index contributed by atoms with van der Waals surface area (Å²) in [6.07, 6.45) is 1.74. The second kappa shape index (κ2) is 3.70. The van der Waals surface area contributed by atoms with Crippen molar-refractivity contribution < 1.29 is 9.59 Å². The molecule has 12 heavy (non-hydrogen) atoms. The van der Waals surface area contributed by atoms with E-state index in [1.807, 2.05) is 0 Å². The maximum Gasteiger partial charge on any atom is 0.229 e. The van der Waals surface area contributed by atoms with Crippen molar-refractivity contribution in [3.8, 4) is 0 Å². The number of hydrogen-bond donors (Lipinski definition) is 0. The Morgan fingerprint density at radius 1 is 1.25 bits per heavy atom. The van der Waals surface area contributed by atoms with Crippen LogP contribution in [-0.4, -0.2) is 23.3 Å². The van der Waals surface area contributed by atoms with Gasteiger partial charge in [-0.3, -0.25) is 14.5 Å². The molecule has 0 N–H and O–H groups in total. The predicted octanol–water partition coefficient (Wildman–Crippen LogP) is 1.18. The van der Waals surface area contributed by atoms with Crippen molar-refractivity contribution in [2.24, 2.45) is 5.92 Å². The summed E-state index contributed by atoms with van der Waals surface area (Å²) in [6, 6.07) is 0. The highest BCUT2D eigenvalue weighted by Gasteiger charge is 2.28. The molecule has 1 rings (SSSR count). The van der Waals surface area contributed by atoms with E-state index in [1.54, 1.807) is 0 Å². The molecule has 0 spiro atoms. The van der Waals surface area contributed by atoms with Gasteiger partial charge < -0.3 is 0 Å². The lowest BCUT2D eigenvalue weighted by molar-refractivity contribution is -0.138. The van der Waals surface area contributed by atoms with Crippen LogP contribution in [0.3, 0.4) is 0 Å². The van der Waals surface area contributed by atoms with Gasteiger partial charge in [0.05, 0.1) is 0 Å². The summed E-state index contributed by atoms with van der Waals surface area (Å²) in [6.45, 7) is 4.78. The van der Waals surface area contributed by atoms with Crippen LogP contribution < -0.4 is 0 Å². The SMILES string of the molecule is CC(C)CCN1C(=O)CCC1=O. The highest BCUT2D eigenvalue weighted by atomic mass is 16.2. The van der Waals surface area contributed by atoms with Crippen LogP contribution in [0.1, 0.15) is 33.1 Å². The van der Waals surface area contributed by atoms with Gasteiger partial charge in [0.1, 0.15) is 0 Å². The van der Waals surface area contributed by atoms with Gasteiger partial charge in [0, 0.05) is 19.4 Å². The first-order valence-corrected chi connectivity index (χ1v) is 4.44. The third-order valence-electron chi connectivity index (χ3n) is 2.08. The Morgan fingerprint density at radius 2 is 1.75 bits per heavy atom. The fraction of sp³-hybridized carbons (Fsp3) is 0.778. The van der Waals surface area contributed by atoms with Gasteiger partial charge >= 0.3 is 0 Å². The number of carbonyl (C=O) groups is 2. The first-order chi connectivity index (χ1) is 5.61. The third-order valence-corrected chi connectivity index (χ3v) is 2.08.